The third-order valence-electron chi connectivity index (χ3n) is 0.919. The van der Waals surface area contributed by atoms with Crippen molar-refractivity contribution in [2.24, 2.45) is 4.99 Å². The van der Waals surface area contributed by atoms with Crippen molar-refractivity contribution < 1.29 is 4.74 Å². The molecule has 0 saturated carbocycles. The molecule has 0 aromatic carbocycles. The molecule has 0 fully saturated rings. The highest BCUT2D eigenvalue weighted by molar-refractivity contribution is 5.91. The van der Waals surface area contributed by atoms with Crippen molar-refractivity contribution in [2.75, 3.05) is 13.7 Å². The fourth-order valence-electron chi connectivity index (χ4n) is 0.450. The Kier molecular flexibility index (Phi) is 5.29. The van der Waals surface area contributed by atoms with Crippen molar-refractivity contribution in [3.05, 3.63) is 11.6 Å². The Morgan fingerprint density at radius 1 is 1.55 bits per heavy atom. The molecule has 1 N–H and O–H groups in total. The van der Waals surface area contributed by atoms with E-state index < -0.39 is 0 Å². The monoisotopic (exact) mass is 154 g/mol. The Morgan fingerprint density at radius 3 is 2.64 bits per heavy atom. The molecule has 0 rings (SSSR count). The van der Waals surface area contributed by atoms with E-state index in [2.05, 4.69) is 4.99 Å². The molecule has 0 amide bonds. The summed E-state index contributed by atoms with van der Waals surface area (Å²) in [7, 11) is 1.55. The molecule has 3 nitrogen and oxygen atoms in total. The molecule has 0 radical (unpaired) electrons. The Labute approximate surface area is 67.3 Å². The summed E-state index contributed by atoms with van der Waals surface area (Å²) in [6.45, 7) is 4.23. The van der Waals surface area contributed by atoms with Gasteiger partial charge in [-0.1, -0.05) is 5.57 Å². The van der Waals surface area contributed by atoms with Gasteiger partial charge in [-0.2, -0.15) is 0 Å². The fraction of sp³-hybridized carbons (Fsp3) is 0.500. The molecule has 3 heteroatoms. The minimum Gasteiger partial charge on any atom is -0.377 e. The summed E-state index contributed by atoms with van der Waals surface area (Å²) in [5.74, 6) is 0.241. The molecule has 0 aromatic rings. The van der Waals surface area contributed by atoms with Gasteiger partial charge in [-0.25, -0.2) is 4.99 Å². The molecule has 62 valence electrons. The second-order valence-electron chi connectivity index (χ2n) is 2.40. The lowest BCUT2D eigenvalue weighted by Gasteiger charge is -1.92. The molecular weight excluding hydrogens is 140 g/mol. The number of nitrogens with zero attached hydrogens (tertiary/aromatic N) is 1. The summed E-state index contributed by atoms with van der Waals surface area (Å²) in [6, 6.07) is 0. The van der Waals surface area contributed by atoms with Gasteiger partial charge in [0.05, 0.1) is 0 Å². The van der Waals surface area contributed by atoms with Crippen LogP contribution in [0.1, 0.15) is 13.8 Å². The molecule has 0 aliphatic heterocycles. The van der Waals surface area contributed by atoms with Crippen LogP contribution in [0.2, 0.25) is 0 Å². The largest absolute Gasteiger partial charge is 0.377 e. The van der Waals surface area contributed by atoms with E-state index in [0.29, 0.717) is 0 Å². The smallest absolute Gasteiger partial charge is 0.146 e. The van der Waals surface area contributed by atoms with Crippen LogP contribution in [-0.2, 0) is 4.74 Å². The van der Waals surface area contributed by atoms with Crippen LogP contribution in [0.3, 0.4) is 0 Å². The van der Waals surface area contributed by atoms with Crippen LogP contribution >= 0.6 is 0 Å². The zero-order valence-corrected chi connectivity index (χ0v) is 7.22. The summed E-state index contributed by atoms with van der Waals surface area (Å²) in [6.07, 6.45) is 3.46. The van der Waals surface area contributed by atoms with Crippen LogP contribution in [0.5, 0.6) is 0 Å². The normalized spacial score (nSPS) is 10.1. The highest BCUT2D eigenvalue weighted by Gasteiger charge is 1.86. The van der Waals surface area contributed by atoms with Gasteiger partial charge in [0.15, 0.2) is 0 Å². The summed E-state index contributed by atoms with van der Waals surface area (Å²) in [4.78, 5) is 3.81. The van der Waals surface area contributed by atoms with Gasteiger partial charge >= 0.3 is 0 Å². The van der Waals surface area contributed by atoms with E-state index in [4.69, 9.17) is 10.1 Å². The lowest BCUT2D eigenvalue weighted by atomic mass is 10.3. The first-order valence-corrected chi connectivity index (χ1v) is 3.40. The zero-order valence-electron chi connectivity index (χ0n) is 7.22. The van der Waals surface area contributed by atoms with Crippen molar-refractivity contribution in [1.82, 2.24) is 0 Å². The molecule has 0 bridgehead atoms. The van der Waals surface area contributed by atoms with E-state index in [1.807, 2.05) is 19.9 Å². The maximum absolute atomic E-state index is 7.18. The number of methoxy groups -OCH3 is 1. The molecular formula is C8H14N2O. The lowest BCUT2D eigenvalue weighted by molar-refractivity contribution is 0.244. The average Bonchev–Trinajstić information content (AvgIpc) is 1.87. The number of hydrogen-bond acceptors (Lipinski definition) is 2. The van der Waals surface area contributed by atoms with E-state index in [1.54, 1.807) is 13.3 Å². The SMILES string of the molecule is COCC(=N)/N=C\C=C(C)C. The molecule has 0 unspecified atom stereocenters. The van der Waals surface area contributed by atoms with Gasteiger partial charge in [-0.3, -0.25) is 5.41 Å². The summed E-state index contributed by atoms with van der Waals surface area (Å²) < 4.78 is 4.70. The molecule has 0 aromatic heterocycles. The molecule has 0 aliphatic carbocycles. The van der Waals surface area contributed by atoms with Crippen LogP contribution in [0.4, 0.5) is 0 Å². The minimum absolute atomic E-state index is 0.241. The van der Waals surface area contributed by atoms with Crippen LogP contribution in [0.25, 0.3) is 0 Å². The van der Waals surface area contributed by atoms with Crippen molar-refractivity contribution >= 4 is 12.1 Å². The van der Waals surface area contributed by atoms with Crippen molar-refractivity contribution in [3.8, 4) is 0 Å². The first kappa shape index (κ1) is 10.0. The Balaban J connectivity index is 3.74. The van der Waals surface area contributed by atoms with Crippen LogP contribution in [0.15, 0.2) is 16.6 Å². The molecule has 0 saturated heterocycles. The quantitative estimate of drug-likeness (QED) is 0.487. The van der Waals surface area contributed by atoms with Crippen molar-refractivity contribution in [3.63, 3.8) is 0 Å². The Hall–Kier alpha value is -0.960. The summed E-state index contributed by atoms with van der Waals surface area (Å²) in [5.41, 5.74) is 1.17. The van der Waals surface area contributed by atoms with E-state index >= 15 is 0 Å². The maximum Gasteiger partial charge on any atom is 0.146 e. The van der Waals surface area contributed by atoms with Gasteiger partial charge in [0, 0.05) is 13.3 Å². The van der Waals surface area contributed by atoms with Crippen molar-refractivity contribution in [1.29, 1.82) is 5.41 Å². The number of rotatable bonds is 3. The van der Waals surface area contributed by atoms with E-state index in [0.717, 1.165) is 0 Å². The molecule has 11 heavy (non-hydrogen) atoms. The number of allylic oxidation sites excluding steroid dienone is 2. The summed E-state index contributed by atoms with van der Waals surface area (Å²) in [5, 5.41) is 7.18. The standard InChI is InChI=1S/C8H14N2O/c1-7(2)4-5-10-8(9)6-11-3/h4-5,9H,6H2,1-3H3/b9-8?,10-5-. The van der Waals surface area contributed by atoms with E-state index in [9.17, 15) is 0 Å². The van der Waals surface area contributed by atoms with Gasteiger partial charge < -0.3 is 4.74 Å². The maximum atomic E-state index is 7.18. The van der Waals surface area contributed by atoms with Gasteiger partial charge in [-0.15, -0.1) is 0 Å². The molecule has 0 atom stereocenters. The van der Waals surface area contributed by atoms with Crippen molar-refractivity contribution in [2.45, 2.75) is 13.8 Å². The number of amidine groups is 1. The summed E-state index contributed by atoms with van der Waals surface area (Å²) >= 11 is 0. The third-order valence-corrected chi connectivity index (χ3v) is 0.919. The topological polar surface area (TPSA) is 45.4 Å². The third kappa shape index (κ3) is 6.93. The highest BCUT2D eigenvalue weighted by atomic mass is 16.5. The van der Waals surface area contributed by atoms with E-state index in [1.165, 1.54) is 5.57 Å². The molecule has 0 aliphatic rings. The zero-order chi connectivity index (χ0) is 8.69. The number of aliphatic imine (C=N–C) groups is 1. The fourth-order valence-corrected chi connectivity index (χ4v) is 0.450. The number of ether oxygens (including phenoxy) is 1. The molecule has 0 spiro atoms. The Morgan fingerprint density at radius 2 is 2.18 bits per heavy atom. The first-order chi connectivity index (χ1) is 5.16. The minimum atomic E-state index is 0.241. The second-order valence-corrected chi connectivity index (χ2v) is 2.40. The highest BCUT2D eigenvalue weighted by Crippen LogP contribution is 1.85. The number of nitrogens with one attached hydrogen (secondary N) is 1. The molecule has 0 heterocycles. The Bertz CT molecular complexity index is 179. The van der Waals surface area contributed by atoms with Gasteiger partial charge in [0.25, 0.3) is 0 Å². The predicted octanol–water partition coefficient (Wildman–Crippen LogP) is 1.65. The average molecular weight is 154 g/mol. The number of hydrogen-bond donors (Lipinski definition) is 1. The van der Waals surface area contributed by atoms with Crippen LogP contribution < -0.4 is 0 Å². The van der Waals surface area contributed by atoms with Gasteiger partial charge in [-0.05, 0) is 19.9 Å². The van der Waals surface area contributed by atoms with E-state index in [-0.39, 0.29) is 12.4 Å². The van der Waals surface area contributed by atoms with Gasteiger partial charge in [0.2, 0.25) is 0 Å². The lowest BCUT2D eigenvalue weighted by Crippen LogP contribution is -2.01. The van der Waals surface area contributed by atoms with Crippen LogP contribution in [0, 0.1) is 5.41 Å². The van der Waals surface area contributed by atoms with Gasteiger partial charge in [0.1, 0.15) is 12.4 Å². The second kappa shape index (κ2) is 5.80. The predicted molar refractivity (Wildman–Crippen MR) is 47.5 cm³/mol. The van der Waals surface area contributed by atoms with Crippen LogP contribution in [-0.4, -0.2) is 25.8 Å². The first-order valence-electron chi connectivity index (χ1n) is 3.40.